The van der Waals surface area contributed by atoms with Gasteiger partial charge in [0.1, 0.15) is 12.4 Å². The summed E-state index contributed by atoms with van der Waals surface area (Å²) in [5.74, 6) is -1.44. The Kier molecular flexibility index (Phi) is 5.08. The van der Waals surface area contributed by atoms with Crippen LogP contribution in [0.3, 0.4) is 0 Å². The van der Waals surface area contributed by atoms with Crippen LogP contribution in [-0.2, 0) is 13.7 Å². The molecule has 148 valence electrons. The van der Waals surface area contributed by atoms with E-state index in [2.05, 4.69) is 15.2 Å². The van der Waals surface area contributed by atoms with Gasteiger partial charge in [0.05, 0.1) is 11.3 Å². The molecule has 0 N–H and O–H groups in total. The van der Waals surface area contributed by atoms with Gasteiger partial charge in [-0.1, -0.05) is 12.1 Å². The summed E-state index contributed by atoms with van der Waals surface area (Å²) in [5, 5.41) is 7.15. The molecule has 0 aliphatic heterocycles. The molecule has 0 radical (unpaired) electrons. The lowest BCUT2D eigenvalue weighted by Gasteiger charge is -2.17. The molecule has 2 aromatic carbocycles. The summed E-state index contributed by atoms with van der Waals surface area (Å²) in [6.07, 6.45) is -4.98. The van der Waals surface area contributed by atoms with E-state index in [1.807, 2.05) is 0 Å². The molecule has 1 aromatic heterocycles. The molecule has 11 heteroatoms. The minimum absolute atomic E-state index is 0.0348. The highest BCUT2D eigenvalue weighted by atomic mass is 19.4. The second-order valence-corrected chi connectivity index (χ2v) is 5.82. The first-order valence-corrected chi connectivity index (χ1v) is 7.91. The molecule has 1 heterocycles. The Bertz CT molecular complexity index is 1060. The Labute approximate surface area is 155 Å². The first-order chi connectivity index (χ1) is 13.2. The third-order valence-electron chi connectivity index (χ3n) is 3.74. The summed E-state index contributed by atoms with van der Waals surface area (Å²) in [6, 6.07) is 7.83. The van der Waals surface area contributed by atoms with Gasteiger partial charge in [-0.3, -0.25) is 0 Å². The fourth-order valence-electron chi connectivity index (χ4n) is 2.46. The minimum atomic E-state index is -4.98. The second-order valence-electron chi connectivity index (χ2n) is 5.82. The highest BCUT2D eigenvalue weighted by molar-refractivity contribution is 5.49. The van der Waals surface area contributed by atoms with Crippen LogP contribution >= 0.6 is 0 Å². The largest absolute Gasteiger partial charge is 0.573 e. The fourth-order valence-corrected chi connectivity index (χ4v) is 2.46. The van der Waals surface area contributed by atoms with Crippen LogP contribution < -0.4 is 15.2 Å². The van der Waals surface area contributed by atoms with E-state index in [-0.39, 0.29) is 17.0 Å². The van der Waals surface area contributed by atoms with Gasteiger partial charge in [0, 0.05) is 7.05 Å². The molecule has 0 amide bonds. The monoisotopic (exact) mass is 398 g/mol. The Morgan fingerprint density at radius 2 is 1.86 bits per heavy atom. The minimum Gasteiger partial charge on any atom is -0.486 e. The SMILES string of the molecule is Cc1ccc(OCc2c(OC(F)(F)F)cccc2-n2nnn(C)c2=O)c(F)c1. The van der Waals surface area contributed by atoms with Crippen LogP contribution in [0.4, 0.5) is 17.6 Å². The van der Waals surface area contributed by atoms with Crippen LogP contribution in [0.5, 0.6) is 11.5 Å². The first-order valence-electron chi connectivity index (χ1n) is 7.91. The molecule has 7 nitrogen and oxygen atoms in total. The van der Waals surface area contributed by atoms with Crippen LogP contribution in [0.1, 0.15) is 11.1 Å². The van der Waals surface area contributed by atoms with Crippen molar-refractivity contribution in [1.82, 2.24) is 19.8 Å². The van der Waals surface area contributed by atoms with Gasteiger partial charge in [-0.2, -0.15) is 9.36 Å². The average molecular weight is 398 g/mol. The van der Waals surface area contributed by atoms with E-state index in [0.29, 0.717) is 5.56 Å². The van der Waals surface area contributed by atoms with Crippen molar-refractivity contribution in [3.8, 4) is 17.2 Å². The third kappa shape index (κ3) is 4.13. The lowest BCUT2D eigenvalue weighted by Crippen LogP contribution is -2.24. The van der Waals surface area contributed by atoms with Gasteiger partial charge in [0.25, 0.3) is 0 Å². The van der Waals surface area contributed by atoms with Crippen molar-refractivity contribution in [2.45, 2.75) is 19.9 Å². The Balaban J connectivity index is 2.04. The van der Waals surface area contributed by atoms with E-state index in [1.165, 1.54) is 31.3 Å². The van der Waals surface area contributed by atoms with Crippen molar-refractivity contribution in [3.05, 3.63) is 63.8 Å². The summed E-state index contributed by atoms with van der Waals surface area (Å²) in [4.78, 5) is 12.1. The van der Waals surface area contributed by atoms with Crippen molar-refractivity contribution in [2.75, 3.05) is 0 Å². The molecule has 0 aliphatic carbocycles. The quantitative estimate of drug-likeness (QED) is 0.618. The number of rotatable bonds is 5. The van der Waals surface area contributed by atoms with Gasteiger partial charge in [0.2, 0.25) is 0 Å². The molecular weight excluding hydrogens is 384 g/mol. The number of aryl methyl sites for hydroxylation is 2. The standard InChI is InChI=1S/C17H14F4N4O3/c1-10-6-7-15(12(18)8-10)27-9-11-13(25-16(26)24(2)22-23-25)4-3-5-14(11)28-17(19,20)21/h3-8H,9H2,1-2H3. The molecule has 28 heavy (non-hydrogen) atoms. The van der Waals surface area contributed by atoms with Crippen molar-refractivity contribution < 1.29 is 27.0 Å². The molecule has 0 saturated carbocycles. The van der Waals surface area contributed by atoms with E-state index in [4.69, 9.17) is 4.74 Å². The third-order valence-corrected chi connectivity index (χ3v) is 3.74. The van der Waals surface area contributed by atoms with Gasteiger partial charge < -0.3 is 9.47 Å². The summed E-state index contributed by atoms with van der Waals surface area (Å²) < 4.78 is 63.4. The average Bonchev–Trinajstić information content (AvgIpc) is 2.93. The molecule has 0 spiro atoms. The number of halogens is 4. The molecule has 0 aliphatic rings. The lowest BCUT2D eigenvalue weighted by atomic mass is 10.1. The van der Waals surface area contributed by atoms with Gasteiger partial charge in [-0.15, -0.1) is 13.2 Å². The predicted octanol–water partition coefficient (Wildman–Crippen LogP) is 2.89. The number of hydrogen-bond acceptors (Lipinski definition) is 5. The number of tetrazole rings is 1. The molecule has 0 bridgehead atoms. The van der Waals surface area contributed by atoms with Crippen molar-refractivity contribution in [1.29, 1.82) is 0 Å². The maximum absolute atomic E-state index is 14.0. The summed E-state index contributed by atoms with van der Waals surface area (Å²) in [6.45, 7) is 1.17. The van der Waals surface area contributed by atoms with Gasteiger partial charge >= 0.3 is 12.1 Å². The number of nitrogens with zero attached hydrogens (tertiary/aromatic N) is 4. The van der Waals surface area contributed by atoms with E-state index < -0.39 is 30.2 Å². The summed E-state index contributed by atoms with van der Waals surface area (Å²) >= 11 is 0. The van der Waals surface area contributed by atoms with Crippen LogP contribution in [0.25, 0.3) is 5.69 Å². The topological polar surface area (TPSA) is 71.2 Å². The van der Waals surface area contributed by atoms with Crippen molar-refractivity contribution in [3.63, 3.8) is 0 Å². The molecular formula is C17H14F4N4O3. The molecule has 0 saturated heterocycles. The Hall–Kier alpha value is -3.37. The van der Waals surface area contributed by atoms with Crippen LogP contribution in [0.15, 0.2) is 41.2 Å². The number of hydrogen-bond donors (Lipinski definition) is 0. The van der Waals surface area contributed by atoms with Crippen LogP contribution in [-0.4, -0.2) is 26.2 Å². The molecule has 0 atom stereocenters. The zero-order valence-electron chi connectivity index (χ0n) is 14.7. The number of ether oxygens (including phenoxy) is 2. The Morgan fingerprint density at radius 3 is 2.46 bits per heavy atom. The van der Waals surface area contributed by atoms with Crippen molar-refractivity contribution >= 4 is 0 Å². The smallest absolute Gasteiger partial charge is 0.486 e. The Morgan fingerprint density at radius 1 is 1.11 bits per heavy atom. The van der Waals surface area contributed by atoms with Gasteiger partial charge in [-0.25, -0.2) is 9.18 Å². The van der Waals surface area contributed by atoms with Crippen LogP contribution in [0.2, 0.25) is 0 Å². The molecule has 3 aromatic rings. The van der Waals surface area contributed by atoms with Gasteiger partial charge in [0.15, 0.2) is 11.6 Å². The van der Waals surface area contributed by atoms with Crippen molar-refractivity contribution in [2.24, 2.45) is 7.05 Å². The maximum atomic E-state index is 14.0. The number of aromatic nitrogens is 4. The zero-order chi connectivity index (χ0) is 20.5. The molecule has 0 fully saturated rings. The van der Waals surface area contributed by atoms with E-state index in [0.717, 1.165) is 15.4 Å². The predicted molar refractivity (Wildman–Crippen MR) is 88.8 cm³/mol. The van der Waals surface area contributed by atoms with E-state index >= 15 is 0 Å². The molecule has 3 rings (SSSR count). The normalized spacial score (nSPS) is 11.5. The highest BCUT2D eigenvalue weighted by Gasteiger charge is 2.33. The van der Waals surface area contributed by atoms with Gasteiger partial charge in [-0.05, 0) is 47.2 Å². The highest BCUT2D eigenvalue weighted by Crippen LogP contribution is 2.31. The zero-order valence-corrected chi connectivity index (χ0v) is 14.7. The molecule has 0 unspecified atom stereocenters. The van der Waals surface area contributed by atoms with Crippen LogP contribution in [0, 0.1) is 12.7 Å². The fraction of sp³-hybridized carbons (Fsp3) is 0.235. The van der Waals surface area contributed by atoms with E-state index in [9.17, 15) is 22.4 Å². The summed E-state index contributed by atoms with van der Waals surface area (Å²) in [5.41, 5.74) is -0.223. The lowest BCUT2D eigenvalue weighted by molar-refractivity contribution is -0.275. The number of benzene rings is 2. The summed E-state index contributed by atoms with van der Waals surface area (Å²) in [7, 11) is 1.33. The maximum Gasteiger partial charge on any atom is 0.573 e. The number of alkyl halides is 3. The second kappa shape index (κ2) is 7.33. The van der Waals surface area contributed by atoms with E-state index in [1.54, 1.807) is 13.0 Å². The first kappa shape index (κ1) is 19.4.